The first kappa shape index (κ1) is 17.0. The maximum absolute atomic E-state index is 13.3. The van der Waals surface area contributed by atoms with E-state index in [9.17, 15) is 17.6 Å². The van der Waals surface area contributed by atoms with E-state index >= 15 is 0 Å². The molecule has 1 heterocycles. The second-order valence-corrected chi connectivity index (χ2v) is 5.55. The van der Waals surface area contributed by atoms with Crippen LogP contribution >= 0.6 is 0 Å². The molecule has 0 spiro atoms. The van der Waals surface area contributed by atoms with Gasteiger partial charge < -0.3 is 14.5 Å². The van der Waals surface area contributed by atoms with Gasteiger partial charge in [-0.15, -0.1) is 13.2 Å². The third-order valence-electron chi connectivity index (χ3n) is 3.76. The Morgan fingerprint density at radius 1 is 1.14 bits per heavy atom. The van der Waals surface area contributed by atoms with Gasteiger partial charge in [0.1, 0.15) is 11.6 Å². The molecule has 0 unspecified atom stereocenters. The van der Waals surface area contributed by atoms with Crippen LogP contribution in [0.3, 0.4) is 0 Å². The number of benzene rings is 1. The zero-order valence-electron chi connectivity index (χ0n) is 12.5. The minimum atomic E-state index is -4.76. The molecule has 0 amide bonds. The molecule has 1 aliphatic heterocycles. The van der Waals surface area contributed by atoms with Crippen molar-refractivity contribution in [2.75, 3.05) is 39.8 Å². The molecule has 0 N–H and O–H groups in total. The summed E-state index contributed by atoms with van der Waals surface area (Å²) in [6.07, 6.45) is -3.74. The smallest absolute Gasteiger partial charge is 0.405 e. The van der Waals surface area contributed by atoms with Crippen LogP contribution in [-0.4, -0.2) is 55.9 Å². The zero-order valence-corrected chi connectivity index (χ0v) is 12.5. The molecule has 1 aromatic carbocycles. The van der Waals surface area contributed by atoms with Gasteiger partial charge in [-0.05, 0) is 50.2 Å². The van der Waals surface area contributed by atoms with Crippen LogP contribution in [0.1, 0.15) is 12.0 Å². The Morgan fingerprint density at radius 2 is 1.82 bits per heavy atom. The van der Waals surface area contributed by atoms with E-state index in [-0.39, 0.29) is 11.3 Å². The minimum absolute atomic E-state index is 0.256. The van der Waals surface area contributed by atoms with Gasteiger partial charge in [-0.3, -0.25) is 0 Å². The fourth-order valence-electron chi connectivity index (χ4n) is 2.53. The fourth-order valence-corrected chi connectivity index (χ4v) is 2.53. The van der Waals surface area contributed by atoms with Crippen molar-refractivity contribution in [3.63, 3.8) is 0 Å². The van der Waals surface area contributed by atoms with E-state index in [1.54, 1.807) is 0 Å². The lowest BCUT2D eigenvalue weighted by Crippen LogP contribution is -2.44. The molecule has 22 heavy (non-hydrogen) atoms. The van der Waals surface area contributed by atoms with Crippen molar-refractivity contribution in [2.24, 2.45) is 0 Å². The topological polar surface area (TPSA) is 15.7 Å². The lowest BCUT2D eigenvalue weighted by Gasteiger charge is -2.32. The Morgan fingerprint density at radius 3 is 2.45 bits per heavy atom. The van der Waals surface area contributed by atoms with Crippen LogP contribution in [0.2, 0.25) is 0 Å². The number of rotatable bonds is 5. The predicted octanol–water partition coefficient (Wildman–Crippen LogP) is 2.90. The van der Waals surface area contributed by atoms with E-state index < -0.39 is 12.2 Å². The quantitative estimate of drug-likeness (QED) is 0.776. The molecule has 1 aliphatic rings. The van der Waals surface area contributed by atoms with Gasteiger partial charge >= 0.3 is 6.36 Å². The van der Waals surface area contributed by atoms with Crippen molar-refractivity contribution < 1.29 is 22.3 Å². The summed E-state index contributed by atoms with van der Waals surface area (Å²) in [5, 5.41) is 0. The van der Waals surface area contributed by atoms with E-state index in [4.69, 9.17) is 0 Å². The van der Waals surface area contributed by atoms with E-state index in [0.29, 0.717) is 12.8 Å². The number of likely N-dealkylation sites (N-methyl/N-ethyl adjacent to an activating group) is 1. The SMILES string of the molecule is CN1CCN(CCCc2cc(F)ccc2OC(F)(F)F)CC1. The molecule has 0 bridgehead atoms. The van der Waals surface area contributed by atoms with Crippen LogP contribution in [-0.2, 0) is 6.42 Å². The fraction of sp³-hybridized carbons (Fsp3) is 0.600. The zero-order chi connectivity index (χ0) is 16.2. The average molecular weight is 320 g/mol. The van der Waals surface area contributed by atoms with Gasteiger partial charge in [-0.2, -0.15) is 0 Å². The predicted molar refractivity (Wildman–Crippen MR) is 75.3 cm³/mol. The number of ether oxygens (including phenoxy) is 1. The molecule has 7 heteroatoms. The van der Waals surface area contributed by atoms with Gasteiger partial charge in [0.15, 0.2) is 0 Å². The van der Waals surface area contributed by atoms with Crippen LogP contribution in [0.5, 0.6) is 5.75 Å². The first-order valence-electron chi connectivity index (χ1n) is 7.28. The molecule has 0 atom stereocenters. The Kier molecular flexibility index (Phi) is 5.63. The van der Waals surface area contributed by atoms with Crippen LogP contribution in [0.4, 0.5) is 17.6 Å². The van der Waals surface area contributed by atoms with E-state index in [1.807, 2.05) is 0 Å². The average Bonchev–Trinajstić information content (AvgIpc) is 2.42. The number of piperazine rings is 1. The standard InChI is InChI=1S/C15H20F4N2O/c1-20-7-9-21(10-8-20)6-2-3-12-11-13(16)4-5-14(12)22-15(17,18)19/h4-5,11H,2-3,6-10H2,1H3. The monoisotopic (exact) mass is 320 g/mol. The summed E-state index contributed by atoms with van der Waals surface area (Å²) in [5.41, 5.74) is 0.256. The second kappa shape index (κ2) is 7.28. The van der Waals surface area contributed by atoms with Gasteiger partial charge in [0.2, 0.25) is 0 Å². The molecule has 1 fully saturated rings. The van der Waals surface area contributed by atoms with Gasteiger partial charge in [-0.25, -0.2) is 4.39 Å². The Balaban J connectivity index is 1.89. The highest BCUT2D eigenvalue weighted by Gasteiger charge is 2.32. The summed E-state index contributed by atoms with van der Waals surface area (Å²) in [6.45, 7) is 4.66. The van der Waals surface area contributed by atoms with Crippen molar-refractivity contribution in [3.8, 4) is 5.75 Å². The van der Waals surface area contributed by atoms with Crippen molar-refractivity contribution in [1.82, 2.24) is 9.80 Å². The summed E-state index contributed by atoms with van der Waals surface area (Å²) in [7, 11) is 2.06. The number of nitrogens with zero attached hydrogens (tertiary/aromatic N) is 2. The largest absolute Gasteiger partial charge is 0.573 e. The van der Waals surface area contributed by atoms with E-state index in [2.05, 4.69) is 21.6 Å². The lowest BCUT2D eigenvalue weighted by molar-refractivity contribution is -0.274. The molecule has 0 saturated carbocycles. The van der Waals surface area contributed by atoms with Crippen LogP contribution in [0, 0.1) is 5.82 Å². The molecule has 0 aromatic heterocycles. The van der Waals surface area contributed by atoms with Gasteiger partial charge in [0.05, 0.1) is 0 Å². The first-order chi connectivity index (χ1) is 10.3. The number of hydrogen-bond donors (Lipinski definition) is 0. The molecule has 1 aromatic rings. The summed E-state index contributed by atoms with van der Waals surface area (Å²) < 4.78 is 54.2. The van der Waals surface area contributed by atoms with E-state index in [0.717, 1.165) is 50.9 Å². The van der Waals surface area contributed by atoms with Crippen LogP contribution in [0.25, 0.3) is 0 Å². The number of hydrogen-bond acceptors (Lipinski definition) is 3. The second-order valence-electron chi connectivity index (χ2n) is 5.55. The molecule has 1 saturated heterocycles. The molecule has 3 nitrogen and oxygen atoms in total. The van der Waals surface area contributed by atoms with Crippen molar-refractivity contribution in [2.45, 2.75) is 19.2 Å². The van der Waals surface area contributed by atoms with Crippen LogP contribution < -0.4 is 4.74 Å². The Labute approximate surface area is 127 Å². The number of aryl methyl sites for hydroxylation is 1. The number of alkyl halides is 3. The molecular formula is C15H20F4N2O. The minimum Gasteiger partial charge on any atom is -0.405 e. The third-order valence-corrected chi connectivity index (χ3v) is 3.76. The van der Waals surface area contributed by atoms with Gasteiger partial charge in [0, 0.05) is 26.2 Å². The Hall–Kier alpha value is -1.34. The normalized spacial score (nSPS) is 17.7. The molecule has 124 valence electrons. The highest BCUT2D eigenvalue weighted by Crippen LogP contribution is 2.28. The van der Waals surface area contributed by atoms with Crippen LogP contribution in [0.15, 0.2) is 18.2 Å². The molecule has 2 rings (SSSR count). The molecular weight excluding hydrogens is 300 g/mol. The maximum atomic E-state index is 13.3. The Bertz CT molecular complexity index is 485. The number of halogens is 4. The van der Waals surface area contributed by atoms with Gasteiger partial charge in [-0.1, -0.05) is 0 Å². The summed E-state index contributed by atoms with van der Waals surface area (Å²) in [5.74, 6) is -0.864. The first-order valence-corrected chi connectivity index (χ1v) is 7.28. The summed E-state index contributed by atoms with van der Waals surface area (Å²) in [6, 6.07) is 3.13. The maximum Gasteiger partial charge on any atom is 0.573 e. The highest BCUT2D eigenvalue weighted by molar-refractivity contribution is 5.34. The molecule has 0 aliphatic carbocycles. The van der Waals surface area contributed by atoms with Crippen molar-refractivity contribution in [1.29, 1.82) is 0 Å². The third kappa shape index (κ3) is 5.46. The van der Waals surface area contributed by atoms with E-state index in [1.165, 1.54) is 0 Å². The van der Waals surface area contributed by atoms with Crippen molar-refractivity contribution >= 4 is 0 Å². The van der Waals surface area contributed by atoms with Crippen molar-refractivity contribution in [3.05, 3.63) is 29.6 Å². The highest BCUT2D eigenvalue weighted by atomic mass is 19.4. The summed E-state index contributed by atoms with van der Waals surface area (Å²) in [4.78, 5) is 4.50. The lowest BCUT2D eigenvalue weighted by atomic mass is 10.1. The van der Waals surface area contributed by atoms with Gasteiger partial charge in [0.25, 0.3) is 0 Å². The molecule has 0 radical (unpaired) electrons. The summed E-state index contributed by atoms with van der Waals surface area (Å²) >= 11 is 0.